The zero-order chi connectivity index (χ0) is 13.4. The molecule has 0 bridgehead atoms. The first-order valence-corrected chi connectivity index (χ1v) is 7.53. The predicted octanol–water partition coefficient (Wildman–Crippen LogP) is 0.933. The van der Waals surface area contributed by atoms with E-state index in [0.29, 0.717) is 13.2 Å². The van der Waals surface area contributed by atoms with Crippen LogP contribution in [0.1, 0.15) is 12.5 Å². The third-order valence-corrected chi connectivity index (χ3v) is 3.08. The topological polar surface area (TPSA) is 78.6 Å². The van der Waals surface area contributed by atoms with Crippen molar-refractivity contribution in [2.24, 2.45) is 5.14 Å². The van der Waals surface area contributed by atoms with E-state index in [0.717, 1.165) is 12.2 Å². The molecule has 1 rings (SSSR count). The van der Waals surface area contributed by atoms with E-state index in [4.69, 9.17) is 14.6 Å². The van der Waals surface area contributed by atoms with Crippen molar-refractivity contribution in [3.8, 4) is 5.75 Å². The van der Waals surface area contributed by atoms with Gasteiger partial charge in [-0.15, -0.1) is 0 Å². The van der Waals surface area contributed by atoms with E-state index in [-0.39, 0.29) is 12.4 Å². The monoisotopic (exact) mass is 273 g/mol. The van der Waals surface area contributed by atoms with Crippen molar-refractivity contribution in [1.82, 2.24) is 0 Å². The second-order valence-corrected chi connectivity index (χ2v) is 5.56. The number of aryl methyl sites for hydroxylation is 1. The van der Waals surface area contributed by atoms with Crippen LogP contribution in [0.15, 0.2) is 24.3 Å². The molecule has 0 aliphatic carbocycles. The highest BCUT2D eigenvalue weighted by molar-refractivity contribution is 7.89. The van der Waals surface area contributed by atoms with Crippen LogP contribution in [0, 0.1) is 0 Å². The average Bonchev–Trinajstić information content (AvgIpc) is 2.33. The normalized spacial score (nSPS) is 11.4. The zero-order valence-corrected chi connectivity index (χ0v) is 11.3. The van der Waals surface area contributed by atoms with Crippen LogP contribution in [0.25, 0.3) is 0 Å². The first kappa shape index (κ1) is 14.9. The molecule has 0 fully saturated rings. The zero-order valence-electron chi connectivity index (χ0n) is 10.5. The molecule has 0 heterocycles. The van der Waals surface area contributed by atoms with E-state index in [2.05, 4.69) is 6.92 Å². The summed E-state index contributed by atoms with van der Waals surface area (Å²) < 4.78 is 31.7. The number of sulfonamides is 1. The molecule has 2 N–H and O–H groups in total. The van der Waals surface area contributed by atoms with Crippen LogP contribution in [-0.4, -0.2) is 34.0 Å². The van der Waals surface area contributed by atoms with Crippen molar-refractivity contribution in [2.75, 3.05) is 25.6 Å². The SMILES string of the molecule is CCc1ccc(OCCOCCS(N)(=O)=O)cc1. The summed E-state index contributed by atoms with van der Waals surface area (Å²) >= 11 is 0. The van der Waals surface area contributed by atoms with Gasteiger partial charge in [-0.05, 0) is 24.1 Å². The summed E-state index contributed by atoms with van der Waals surface area (Å²) in [4.78, 5) is 0. The fraction of sp³-hybridized carbons (Fsp3) is 0.500. The predicted molar refractivity (Wildman–Crippen MR) is 70.1 cm³/mol. The van der Waals surface area contributed by atoms with Crippen molar-refractivity contribution in [3.05, 3.63) is 29.8 Å². The minimum Gasteiger partial charge on any atom is -0.491 e. The highest BCUT2D eigenvalue weighted by Gasteiger charge is 2.01. The fourth-order valence-corrected chi connectivity index (χ4v) is 1.67. The Hall–Kier alpha value is -1.11. The van der Waals surface area contributed by atoms with E-state index in [9.17, 15) is 8.42 Å². The lowest BCUT2D eigenvalue weighted by Gasteiger charge is -2.07. The number of hydrogen-bond acceptors (Lipinski definition) is 4. The van der Waals surface area contributed by atoms with Gasteiger partial charge in [-0.3, -0.25) is 0 Å². The number of primary sulfonamides is 1. The quantitative estimate of drug-likeness (QED) is 0.715. The molecule has 0 aromatic heterocycles. The Morgan fingerprint density at radius 3 is 2.33 bits per heavy atom. The Morgan fingerprint density at radius 1 is 1.11 bits per heavy atom. The molecular formula is C12H19NO4S. The lowest BCUT2D eigenvalue weighted by Crippen LogP contribution is -2.21. The summed E-state index contributed by atoms with van der Waals surface area (Å²) in [5.74, 6) is 0.611. The summed E-state index contributed by atoms with van der Waals surface area (Å²) in [7, 11) is -3.44. The molecule has 0 aliphatic heterocycles. The number of benzene rings is 1. The van der Waals surface area contributed by atoms with Crippen LogP contribution in [0.3, 0.4) is 0 Å². The molecular weight excluding hydrogens is 254 g/mol. The molecule has 1 aromatic rings. The van der Waals surface area contributed by atoms with E-state index in [1.165, 1.54) is 5.56 Å². The van der Waals surface area contributed by atoms with Gasteiger partial charge in [0.2, 0.25) is 10.0 Å². The van der Waals surface area contributed by atoms with Crippen LogP contribution in [0.4, 0.5) is 0 Å². The summed E-state index contributed by atoms with van der Waals surface area (Å²) in [6.45, 7) is 2.91. The lowest BCUT2D eigenvalue weighted by atomic mass is 10.2. The van der Waals surface area contributed by atoms with Gasteiger partial charge in [-0.2, -0.15) is 0 Å². The summed E-state index contributed by atoms with van der Waals surface area (Å²) in [5.41, 5.74) is 1.26. The lowest BCUT2D eigenvalue weighted by molar-refractivity contribution is 0.111. The highest BCUT2D eigenvalue weighted by Crippen LogP contribution is 2.12. The summed E-state index contributed by atoms with van der Waals surface area (Å²) in [6, 6.07) is 7.83. The highest BCUT2D eigenvalue weighted by atomic mass is 32.2. The van der Waals surface area contributed by atoms with Gasteiger partial charge in [-0.25, -0.2) is 13.6 Å². The number of ether oxygens (including phenoxy) is 2. The van der Waals surface area contributed by atoms with Crippen molar-refractivity contribution >= 4 is 10.0 Å². The molecule has 18 heavy (non-hydrogen) atoms. The largest absolute Gasteiger partial charge is 0.491 e. The minimum absolute atomic E-state index is 0.0942. The molecule has 0 spiro atoms. The molecule has 0 aliphatic rings. The Balaban J connectivity index is 2.14. The molecule has 0 amide bonds. The Morgan fingerprint density at radius 2 is 1.78 bits per heavy atom. The summed E-state index contributed by atoms with van der Waals surface area (Å²) in [5, 5.41) is 4.83. The van der Waals surface area contributed by atoms with Gasteiger partial charge in [0.15, 0.2) is 0 Å². The second-order valence-electron chi connectivity index (χ2n) is 3.83. The standard InChI is InChI=1S/C12H19NO4S/c1-2-11-3-5-12(6-4-11)17-8-7-16-9-10-18(13,14)15/h3-6H,2,7-10H2,1H3,(H2,13,14,15). The molecule has 1 aromatic carbocycles. The summed E-state index contributed by atoms with van der Waals surface area (Å²) in [6.07, 6.45) is 0.997. The van der Waals surface area contributed by atoms with Gasteiger partial charge >= 0.3 is 0 Å². The fourth-order valence-electron chi connectivity index (χ4n) is 1.32. The van der Waals surface area contributed by atoms with Crippen LogP contribution in [-0.2, 0) is 21.2 Å². The van der Waals surface area contributed by atoms with Gasteiger partial charge in [0.05, 0.1) is 19.0 Å². The van der Waals surface area contributed by atoms with Crippen LogP contribution < -0.4 is 9.88 Å². The van der Waals surface area contributed by atoms with E-state index in [1.807, 2.05) is 24.3 Å². The second kappa shape index (κ2) is 7.35. The molecule has 0 radical (unpaired) electrons. The smallest absolute Gasteiger partial charge is 0.211 e. The van der Waals surface area contributed by atoms with Gasteiger partial charge in [-0.1, -0.05) is 19.1 Å². The molecule has 0 saturated heterocycles. The minimum atomic E-state index is -3.44. The van der Waals surface area contributed by atoms with Crippen LogP contribution >= 0.6 is 0 Å². The van der Waals surface area contributed by atoms with E-state index in [1.54, 1.807) is 0 Å². The molecule has 0 saturated carbocycles. The van der Waals surface area contributed by atoms with E-state index >= 15 is 0 Å². The Bertz CT molecular complexity index is 442. The Kier molecular flexibility index (Phi) is 6.11. The maximum atomic E-state index is 10.6. The third-order valence-electron chi connectivity index (χ3n) is 2.34. The first-order chi connectivity index (χ1) is 8.51. The maximum absolute atomic E-state index is 10.6. The molecule has 5 nitrogen and oxygen atoms in total. The molecule has 0 atom stereocenters. The maximum Gasteiger partial charge on any atom is 0.211 e. The number of hydrogen-bond donors (Lipinski definition) is 1. The molecule has 102 valence electrons. The van der Waals surface area contributed by atoms with Crippen molar-refractivity contribution in [2.45, 2.75) is 13.3 Å². The van der Waals surface area contributed by atoms with E-state index < -0.39 is 10.0 Å². The van der Waals surface area contributed by atoms with Crippen molar-refractivity contribution in [3.63, 3.8) is 0 Å². The number of nitrogens with two attached hydrogens (primary N) is 1. The van der Waals surface area contributed by atoms with Crippen LogP contribution in [0.2, 0.25) is 0 Å². The average molecular weight is 273 g/mol. The van der Waals surface area contributed by atoms with Gasteiger partial charge in [0.25, 0.3) is 0 Å². The van der Waals surface area contributed by atoms with Crippen LogP contribution in [0.5, 0.6) is 5.75 Å². The van der Waals surface area contributed by atoms with Crippen molar-refractivity contribution in [1.29, 1.82) is 0 Å². The first-order valence-electron chi connectivity index (χ1n) is 5.81. The number of rotatable bonds is 8. The Labute approximate surface area is 108 Å². The van der Waals surface area contributed by atoms with Gasteiger partial charge in [0, 0.05) is 0 Å². The van der Waals surface area contributed by atoms with Crippen molar-refractivity contribution < 1.29 is 17.9 Å². The third kappa shape index (κ3) is 6.58. The van der Waals surface area contributed by atoms with Gasteiger partial charge in [0.1, 0.15) is 12.4 Å². The van der Waals surface area contributed by atoms with Gasteiger partial charge < -0.3 is 9.47 Å². The molecule has 6 heteroatoms. The molecule has 0 unspecified atom stereocenters.